The van der Waals surface area contributed by atoms with Crippen molar-refractivity contribution < 1.29 is 4.74 Å². The van der Waals surface area contributed by atoms with Gasteiger partial charge in [-0.2, -0.15) is 0 Å². The fraction of sp³-hybridized carbons (Fsp3) is 0.143. The SMILES string of the molecule is Cc1cc(Oc2ccc(Cl)c(Cl)c2)c(C(=N)N)c(C)n1. The Morgan fingerprint density at radius 2 is 1.90 bits per heavy atom. The van der Waals surface area contributed by atoms with Crippen LogP contribution in [0.1, 0.15) is 17.0 Å². The standard InChI is InChI=1S/C14H13Cl2N3O/c1-7-5-12(13(14(17)18)8(2)19-7)20-9-3-4-10(15)11(16)6-9/h3-6H,1-2H3,(H3,17,18). The average Bonchev–Trinajstić information content (AvgIpc) is 2.32. The number of aryl methyl sites for hydroxylation is 2. The smallest absolute Gasteiger partial charge is 0.141 e. The molecule has 2 rings (SSSR count). The minimum absolute atomic E-state index is 0.0925. The summed E-state index contributed by atoms with van der Waals surface area (Å²) in [6, 6.07) is 6.68. The molecule has 3 N–H and O–H groups in total. The van der Waals surface area contributed by atoms with Gasteiger partial charge in [0.2, 0.25) is 0 Å². The van der Waals surface area contributed by atoms with E-state index < -0.39 is 0 Å². The van der Waals surface area contributed by atoms with Gasteiger partial charge in [0.1, 0.15) is 17.3 Å². The number of benzene rings is 1. The minimum atomic E-state index is -0.0925. The third kappa shape index (κ3) is 3.03. The van der Waals surface area contributed by atoms with E-state index in [0.29, 0.717) is 32.8 Å². The van der Waals surface area contributed by atoms with Gasteiger partial charge in [0.25, 0.3) is 0 Å². The number of hydrogen-bond acceptors (Lipinski definition) is 3. The molecule has 2 aromatic rings. The summed E-state index contributed by atoms with van der Waals surface area (Å²) in [5.74, 6) is 0.901. The average molecular weight is 310 g/mol. The van der Waals surface area contributed by atoms with Gasteiger partial charge in [0.15, 0.2) is 0 Å². The number of ether oxygens (including phenoxy) is 1. The quantitative estimate of drug-likeness (QED) is 0.662. The predicted octanol–water partition coefficient (Wildman–Crippen LogP) is 4.08. The Kier molecular flexibility index (Phi) is 4.16. The molecule has 0 radical (unpaired) electrons. The van der Waals surface area contributed by atoms with Gasteiger partial charge in [-0.05, 0) is 26.0 Å². The number of aromatic nitrogens is 1. The summed E-state index contributed by atoms with van der Waals surface area (Å²) < 4.78 is 5.76. The van der Waals surface area contributed by atoms with Gasteiger partial charge in [-0.3, -0.25) is 10.4 Å². The first-order valence-corrected chi connectivity index (χ1v) is 6.59. The fourth-order valence-electron chi connectivity index (χ4n) is 1.87. The second kappa shape index (κ2) is 5.69. The summed E-state index contributed by atoms with van der Waals surface area (Å²) in [6.45, 7) is 3.63. The van der Waals surface area contributed by atoms with Crippen molar-refractivity contribution in [3.63, 3.8) is 0 Å². The van der Waals surface area contributed by atoms with Gasteiger partial charge in [-0.25, -0.2) is 0 Å². The van der Waals surface area contributed by atoms with Crippen LogP contribution in [0.3, 0.4) is 0 Å². The molecule has 0 bridgehead atoms. The van der Waals surface area contributed by atoms with Crippen LogP contribution in [0.15, 0.2) is 24.3 Å². The second-order valence-electron chi connectivity index (χ2n) is 4.31. The number of nitrogens with zero attached hydrogens (tertiary/aromatic N) is 1. The molecule has 0 aliphatic carbocycles. The summed E-state index contributed by atoms with van der Waals surface area (Å²) in [4.78, 5) is 4.28. The van der Waals surface area contributed by atoms with Crippen molar-refractivity contribution in [1.82, 2.24) is 4.98 Å². The second-order valence-corrected chi connectivity index (χ2v) is 5.13. The Morgan fingerprint density at radius 1 is 1.20 bits per heavy atom. The molecule has 0 saturated carbocycles. The Bertz CT molecular complexity index is 686. The Hall–Kier alpha value is -1.78. The highest BCUT2D eigenvalue weighted by atomic mass is 35.5. The topological polar surface area (TPSA) is 72.0 Å². The first-order valence-electron chi connectivity index (χ1n) is 5.84. The molecular weight excluding hydrogens is 297 g/mol. The van der Waals surface area contributed by atoms with Crippen molar-refractivity contribution in [2.24, 2.45) is 5.73 Å². The molecule has 0 fully saturated rings. The van der Waals surface area contributed by atoms with Gasteiger partial charge < -0.3 is 10.5 Å². The number of nitrogen functional groups attached to an aromatic ring is 1. The molecule has 0 amide bonds. The molecule has 1 heterocycles. The van der Waals surface area contributed by atoms with E-state index in [9.17, 15) is 0 Å². The molecule has 0 atom stereocenters. The number of rotatable bonds is 3. The van der Waals surface area contributed by atoms with E-state index in [0.717, 1.165) is 5.69 Å². The lowest BCUT2D eigenvalue weighted by Gasteiger charge is -2.13. The third-order valence-corrected chi connectivity index (χ3v) is 3.42. The Morgan fingerprint density at radius 3 is 2.50 bits per heavy atom. The molecule has 4 nitrogen and oxygen atoms in total. The van der Waals surface area contributed by atoms with E-state index in [1.165, 1.54) is 0 Å². The van der Waals surface area contributed by atoms with Crippen LogP contribution in [-0.2, 0) is 0 Å². The van der Waals surface area contributed by atoms with E-state index in [1.54, 1.807) is 31.2 Å². The molecule has 0 unspecified atom stereocenters. The highest BCUT2D eigenvalue weighted by Crippen LogP contribution is 2.31. The predicted molar refractivity (Wildman–Crippen MR) is 81.3 cm³/mol. The first-order chi connectivity index (χ1) is 9.38. The minimum Gasteiger partial charge on any atom is -0.456 e. The molecule has 104 valence electrons. The zero-order valence-electron chi connectivity index (χ0n) is 11.0. The molecule has 0 spiro atoms. The number of amidine groups is 1. The van der Waals surface area contributed by atoms with Crippen LogP contribution in [0.5, 0.6) is 11.5 Å². The third-order valence-electron chi connectivity index (χ3n) is 2.68. The van der Waals surface area contributed by atoms with Crippen LogP contribution in [0.25, 0.3) is 0 Å². The molecule has 0 aliphatic rings. The molecule has 1 aromatic carbocycles. The largest absolute Gasteiger partial charge is 0.456 e. The molecule has 1 aromatic heterocycles. The van der Waals surface area contributed by atoms with Gasteiger partial charge in [0, 0.05) is 17.8 Å². The van der Waals surface area contributed by atoms with E-state index in [-0.39, 0.29) is 5.84 Å². The van der Waals surface area contributed by atoms with Crippen molar-refractivity contribution >= 4 is 29.0 Å². The maximum atomic E-state index is 7.64. The summed E-state index contributed by atoms with van der Waals surface area (Å²) in [5, 5.41) is 8.49. The maximum absolute atomic E-state index is 7.64. The zero-order chi connectivity index (χ0) is 14.9. The van der Waals surface area contributed by atoms with Gasteiger partial charge in [-0.1, -0.05) is 23.2 Å². The molecular formula is C14H13Cl2N3O. The van der Waals surface area contributed by atoms with Crippen LogP contribution in [-0.4, -0.2) is 10.8 Å². The number of nitrogens with two attached hydrogens (primary N) is 1. The zero-order valence-corrected chi connectivity index (χ0v) is 12.5. The van der Waals surface area contributed by atoms with E-state index in [1.807, 2.05) is 6.92 Å². The lowest BCUT2D eigenvalue weighted by Crippen LogP contribution is -2.15. The molecule has 0 saturated heterocycles. The van der Waals surface area contributed by atoms with E-state index in [2.05, 4.69) is 4.98 Å². The monoisotopic (exact) mass is 309 g/mol. The van der Waals surface area contributed by atoms with Gasteiger partial charge >= 0.3 is 0 Å². The van der Waals surface area contributed by atoms with E-state index in [4.69, 9.17) is 39.1 Å². The lowest BCUT2D eigenvalue weighted by atomic mass is 10.1. The number of pyridine rings is 1. The Balaban J connectivity index is 2.47. The van der Waals surface area contributed by atoms with Crippen LogP contribution < -0.4 is 10.5 Å². The first kappa shape index (κ1) is 14.6. The fourth-order valence-corrected chi connectivity index (χ4v) is 2.16. The lowest BCUT2D eigenvalue weighted by molar-refractivity contribution is 0.479. The molecule has 0 aliphatic heterocycles. The number of hydrogen-bond donors (Lipinski definition) is 2. The summed E-state index contributed by atoms with van der Waals surface area (Å²) in [5.41, 5.74) is 7.49. The van der Waals surface area contributed by atoms with Crippen molar-refractivity contribution in [3.8, 4) is 11.5 Å². The highest BCUT2D eigenvalue weighted by molar-refractivity contribution is 6.42. The maximum Gasteiger partial charge on any atom is 0.141 e. The molecule has 6 heteroatoms. The van der Waals surface area contributed by atoms with Crippen LogP contribution in [0.2, 0.25) is 10.0 Å². The summed E-state index contributed by atoms with van der Waals surface area (Å²) in [6.07, 6.45) is 0. The van der Waals surface area contributed by atoms with Crippen LogP contribution >= 0.6 is 23.2 Å². The summed E-state index contributed by atoms with van der Waals surface area (Å²) >= 11 is 11.8. The normalized spacial score (nSPS) is 10.4. The number of nitrogens with one attached hydrogen (secondary N) is 1. The van der Waals surface area contributed by atoms with E-state index >= 15 is 0 Å². The summed E-state index contributed by atoms with van der Waals surface area (Å²) in [7, 11) is 0. The van der Waals surface area contributed by atoms with Gasteiger partial charge in [0.05, 0.1) is 21.3 Å². The Labute approximate surface area is 127 Å². The van der Waals surface area contributed by atoms with Crippen molar-refractivity contribution in [2.45, 2.75) is 13.8 Å². The van der Waals surface area contributed by atoms with Crippen molar-refractivity contribution in [2.75, 3.05) is 0 Å². The highest BCUT2D eigenvalue weighted by Gasteiger charge is 2.14. The van der Waals surface area contributed by atoms with Crippen LogP contribution in [0, 0.1) is 19.3 Å². The van der Waals surface area contributed by atoms with Crippen LogP contribution in [0.4, 0.5) is 0 Å². The van der Waals surface area contributed by atoms with Crippen molar-refractivity contribution in [3.05, 3.63) is 51.3 Å². The number of halogens is 2. The van der Waals surface area contributed by atoms with Gasteiger partial charge in [-0.15, -0.1) is 0 Å². The molecule has 20 heavy (non-hydrogen) atoms. The van der Waals surface area contributed by atoms with Crippen molar-refractivity contribution in [1.29, 1.82) is 5.41 Å².